The van der Waals surface area contributed by atoms with Gasteiger partial charge in [-0.25, -0.2) is 9.78 Å². The highest BCUT2D eigenvalue weighted by Crippen LogP contribution is 2.37. The summed E-state index contributed by atoms with van der Waals surface area (Å²) >= 11 is 1.44. The maximum Gasteiger partial charge on any atom is 0.323 e. The molecule has 0 bridgehead atoms. The number of nitrogens with one attached hydrogen (secondary N) is 1. The first kappa shape index (κ1) is 14.3. The molecule has 114 valence electrons. The summed E-state index contributed by atoms with van der Waals surface area (Å²) in [6.45, 7) is 0.887. The Balaban J connectivity index is 1.57. The molecule has 0 spiro atoms. The number of aliphatic carboxylic acids is 1. The zero-order valence-corrected chi connectivity index (χ0v) is 12.6. The molecule has 6 nitrogen and oxygen atoms in total. The summed E-state index contributed by atoms with van der Waals surface area (Å²) in [7, 11) is 0. The number of hydrogen-bond donors (Lipinski definition) is 2. The lowest BCUT2D eigenvalue weighted by Crippen LogP contribution is -2.44. The van der Waals surface area contributed by atoms with E-state index in [-0.39, 0.29) is 12.6 Å². The zero-order chi connectivity index (χ0) is 14.8. The number of amides is 2. The number of carboxylic acids is 1. The van der Waals surface area contributed by atoms with Crippen molar-refractivity contribution in [3.05, 3.63) is 11.1 Å². The van der Waals surface area contributed by atoms with Crippen molar-refractivity contribution >= 4 is 28.5 Å². The number of rotatable bonds is 3. The third kappa shape index (κ3) is 3.18. The molecule has 1 saturated carbocycles. The van der Waals surface area contributed by atoms with Gasteiger partial charge in [0.05, 0.1) is 11.6 Å². The van der Waals surface area contributed by atoms with E-state index in [1.54, 1.807) is 4.90 Å². The quantitative estimate of drug-likeness (QED) is 0.899. The van der Waals surface area contributed by atoms with E-state index in [0.29, 0.717) is 24.0 Å². The molecule has 0 aromatic carbocycles. The lowest BCUT2D eigenvalue weighted by atomic mass is 9.83. The van der Waals surface area contributed by atoms with E-state index in [1.165, 1.54) is 30.6 Å². The van der Waals surface area contributed by atoms with Crippen LogP contribution in [0.25, 0.3) is 0 Å². The number of likely N-dealkylation sites (tertiary alicyclic amines) is 1. The first-order chi connectivity index (χ1) is 10.1. The van der Waals surface area contributed by atoms with E-state index in [4.69, 9.17) is 5.11 Å². The largest absolute Gasteiger partial charge is 0.481 e. The molecule has 2 fully saturated rings. The van der Waals surface area contributed by atoms with Crippen LogP contribution in [0.4, 0.5) is 9.93 Å². The molecule has 1 aromatic rings. The fraction of sp³-hybridized carbons (Fsp3) is 0.643. The van der Waals surface area contributed by atoms with Crippen LogP contribution >= 0.6 is 11.3 Å². The van der Waals surface area contributed by atoms with Crippen molar-refractivity contribution in [3.8, 4) is 0 Å². The molecule has 1 aromatic heterocycles. The van der Waals surface area contributed by atoms with E-state index in [9.17, 15) is 9.59 Å². The molecule has 2 N–H and O–H groups in total. The third-order valence-electron chi connectivity index (χ3n) is 4.32. The maximum atomic E-state index is 12.2. The van der Waals surface area contributed by atoms with E-state index in [2.05, 4.69) is 10.3 Å². The van der Waals surface area contributed by atoms with Crippen LogP contribution in [0.5, 0.6) is 0 Å². The summed E-state index contributed by atoms with van der Waals surface area (Å²) in [4.78, 5) is 29.3. The molecular weight excluding hydrogens is 290 g/mol. The Morgan fingerprint density at radius 1 is 1.33 bits per heavy atom. The van der Waals surface area contributed by atoms with Gasteiger partial charge in [-0.3, -0.25) is 10.1 Å². The molecule has 2 heterocycles. The van der Waals surface area contributed by atoms with Crippen LogP contribution in [-0.4, -0.2) is 40.1 Å². The smallest absolute Gasteiger partial charge is 0.323 e. The van der Waals surface area contributed by atoms with Gasteiger partial charge in [0, 0.05) is 24.4 Å². The molecule has 7 heteroatoms. The number of urea groups is 1. The Labute approximate surface area is 127 Å². The van der Waals surface area contributed by atoms with Crippen LogP contribution in [0.2, 0.25) is 0 Å². The van der Waals surface area contributed by atoms with Crippen molar-refractivity contribution in [2.24, 2.45) is 5.92 Å². The van der Waals surface area contributed by atoms with Crippen molar-refractivity contribution in [3.63, 3.8) is 0 Å². The van der Waals surface area contributed by atoms with Crippen molar-refractivity contribution in [1.29, 1.82) is 0 Å². The molecule has 21 heavy (non-hydrogen) atoms. The van der Waals surface area contributed by atoms with E-state index in [1.807, 2.05) is 5.38 Å². The highest BCUT2D eigenvalue weighted by molar-refractivity contribution is 7.13. The molecule has 2 aliphatic rings. The van der Waals surface area contributed by atoms with E-state index in [0.717, 1.165) is 12.1 Å². The first-order valence-corrected chi connectivity index (χ1v) is 8.25. The van der Waals surface area contributed by atoms with Crippen LogP contribution in [0, 0.1) is 5.92 Å². The van der Waals surface area contributed by atoms with Crippen molar-refractivity contribution in [2.45, 2.75) is 38.0 Å². The van der Waals surface area contributed by atoms with Gasteiger partial charge in [0.25, 0.3) is 0 Å². The molecule has 2 amide bonds. The first-order valence-electron chi connectivity index (χ1n) is 7.37. The second-order valence-corrected chi connectivity index (χ2v) is 6.62. The van der Waals surface area contributed by atoms with Gasteiger partial charge in [0.15, 0.2) is 5.13 Å². The van der Waals surface area contributed by atoms with Gasteiger partial charge in [-0.1, -0.05) is 6.42 Å². The number of hydrogen-bond acceptors (Lipinski definition) is 4. The summed E-state index contributed by atoms with van der Waals surface area (Å²) in [6, 6.07) is -0.240. The molecule has 1 aliphatic heterocycles. The van der Waals surface area contributed by atoms with Gasteiger partial charge in [-0.05, 0) is 25.7 Å². The van der Waals surface area contributed by atoms with E-state index < -0.39 is 11.9 Å². The van der Waals surface area contributed by atoms with Crippen LogP contribution in [0.3, 0.4) is 0 Å². The van der Waals surface area contributed by atoms with Gasteiger partial charge < -0.3 is 10.0 Å². The Kier molecular flexibility index (Phi) is 4.10. The number of carbonyl (C=O) groups is 2. The Morgan fingerprint density at radius 2 is 2.14 bits per heavy atom. The Morgan fingerprint density at radius 3 is 2.81 bits per heavy atom. The number of aromatic nitrogens is 1. The standard InChI is InChI=1S/C14H19N3O3S/c18-12(19)10-5-2-6-17(7-10)14(20)16-13-15-11(8-21-13)9-3-1-4-9/h8-10H,1-7H2,(H,18,19)(H,15,16,20). The average Bonchev–Trinajstić information content (AvgIpc) is 2.85. The number of nitrogens with zero attached hydrogens (tertiary/aromatic N) is 2. The molecular formula is C14H19N3O3S. The number of piperidine rings is 1. The fourth-order valence-electron chi connectivity index (χ4n) is 2.77. The Hall–Kier alpha value is -1.63. The minimum Gasteiger partial charge on any atom is -0.481 e. The minimum atomic E-state index is -0.825. The number of anilines is 1. The number of carboxylic acid groups (broad SMARTS) is 1. The summed E-state index contributed by atoms with van der Waals surface area (Å²) in [5, 5.41) is 14.5. The summed E-state index contributed by atoms with van der Waals surface area (Å²) in [5.74, 6) is -0.723. The summed E-state index contributed by atoms with van der Waals surface area (Å²) in [5.41, 5.74) is 1.07. The van der Waals surface area contributed by atoms with Gasteiger partial charge in [0.1, 0.15) is 0 Å². The average molecular weight is 309 g/mol. The van der Waals surface area contributed by atoms with Gasteiger partial charge in [0.2, 0.25) is 0 Å². The Bertz CT molecular complexity index is 541. The lowest BCUT2D eigenvalue weighted by Gasteiger charge is -2.30. The summed E-state index contributed by atoms with van der Waals surface area (Å²) in [6.07, 6.45) is 5.00. The number of carbonyl (C=O) groups excluding carboxylic acids is 1. The highest BCUT2D eigenvalue weighted by Gasteiger charge is 2.29. The molecule has 1 saturated heterocycles. The molecule has 3 rings (SSSR count). The topological polar surface area (TPSA) is 82.5 Å². The van der Waals surface area contributed by atoms with Crippen LogP contribution < -0.4 is 5.32 Å². The normalized spacial score (nSPS) is 22.7. The zero-order valence-electron chi connectivity index (χ0n) is 11.7. The van der Waals surface area contributed by atoms with Gasteiger partial charge in [-0.15, -0.1) is 11.3 Å². The van der Waals surface area contributed by atoms with E-state index >= 15 is 0 Å². The predicted molar refractivity (Wildman–Crippen MR) is 79.7 cm³/mol. The third-order valence-corrected chi connectivity index (χ3v) is 5.09. The van der Waals surface area contributed by atoms with Crippen LogP contribution in [0.15, 0.2) is 5.38 Å². The van der Waals surface area contributed by atoms with Gasteiger partial charge in [-0.2, -0.15) is 0 Å². The van der Waals surface area contributed by atoms with Gasteiger partial charge >= 0.3 is 12.0 Å². The maximum absolute atomic E-state index is 12.2. The highest BCUT2D eigenvalue weighted by atomic mass is 32.1. The monoisotopic (exact) mass is 309 g/mol. The SMILES string of the molecule is O=C(O)C1CCCN(C(=O)Nc2nc(C3CCC3)cs2)C1. The van der Waals surface area contributed by atoms with Crippen LogP contribution in [0.1, 0.15) is 43.7 Å². The molecule has 0 radical (unpaired) electrons. The molecule has 1 atom stereocenters. The van der Waals surface area contributed by atoms with Crippen LogP contribution in [-0.2, 0) is 4.79 Å². The minimum absolute atomic E-state index is 0.240. The number of thiazole rings is 1. The second-order valence-electron chi connectivity index (χ2n) is 5.76. The molecule has 1 aliphatic carbocycles. The molecule has 1 unspecified atom stereocenters. The fourth-order valence-corrected chi connectivity index (χ4v) is 3.55. The lowest BCUT2D eigenvalue weighted by molar-refractivity contribution is -0.143. The van der Waals surface area contributed by atoms with Crippen molar-refractivity contribution in [1.82, 2.24) is 9.88 Å². The van der Waals surface area contributed by atoms with Crippen molar-refractivity contribution in [2.75, 3.05) is 18.4 Å². The second kappa shape index (κ2) is 6.01. The summed E-state index contributed by atoms with van der Waals surface area (Å²) < 4.78 is 0. The predicted octanol–water partition coefficient (Wildman–Crippen LogP) is 2.74. The van der Waals surface area contributed by atoms with Crippen molar-refractivity contribution < 1.29 is 14.7 Å².